The van der Waals surface area contributed by atoms with Crippen molar-refractivity contribution in [3.8, 4) is 0 Å². The molecule has 1 N–H and O–H groups in total. The van der Waals surface area contributed by atoms with Crippen LogP contribution in [0.5, 0.6) is 0 Å². The normalized spacial score (nSPS) is 10.7. The Morgan fingerprint density at radius 3 is 2.00 bits per heavy atom. The largest absolute Gasteiger partial charge is 0.378 e. The first kappa shape index (κ1) is 22.5. The molecule has 0 aliphatic rings. The quantitative estimate of drug-likeness (QED) is 0.282. The maximum Gasteiger partial charge on any atom is 0.251 e. The van der Waals surface area contributed by atoms with Gasteiger partial charge in [0.2, 0.25) is 0 Å². The third-order valence-electron chi connectivity index (χ3n) is 4.77. The topological polar surface area (TPSA) is 104 Å². The fraction of sp³-hybridized carbons (Fsp3) is 0.167. The first-order chi connectivity index (χ1) is 15.4. The van der Waals surface area contributed by atoms with Gasteiger partial charge in [-0.05, 0) is 78.3 Å². The van der Waals surface area contributed by atoms with Crippen LogP contribution < -0.4 is 10.2 Å². The van der Waals surface area contributed by atoms with Gasteiger partial charge in [-0.2, -0.15) is 10.2 Å². The number of ketones is 1. The van der Waals surface area contributed by atoms with E-state index in [2.05, 4.69) is 20.7 Å². The highest BCUT2D eigenvalue weighted by molar-refractivity contribution is 5.99. The molecule has 0 unspecified atom stereocenters. The number of nitroso groups, excluding NO2 is 1. The van der Waals surface area contributed by atoms with Crippen LogP contribution in [-0.4, -0.2) is 25.8 Å². The van der Waals surface area contributed by atoms with Gasteiger partial charge in [0.1, 0.15) is 5.69 Å². The lowest BCUT2D eigenvalue weighted by atomic mass is 10.1. The highest BCUT2D eigenvalue weighted by Gasteiger charge is 2.10. The average Bonchev–Trinajstić information content (AvgIpc) is 2.81. The first-order valence-corrected chi connectivity index (χ1v) is 9.92. The van der Waals surface area contributed by atoms with Crippen molar-refractivity contribution in [3.63, 3.8) is 0 Å². The van der Waals surface area contributed by atoms with E-state index >= 15 is 0 Å². The van der Waals surface area contributed by atoms with Crippen LogP contribution in [0.2, 0.25) is 0 Å². The summed E-state index contributed by atoms with van der Waals surface area (Å²) in [6.07, 6.45) is 0. The molecular formula is C24H23N5O3. The molecule has 3 aromatic carbocycles. The monoisotopic (exact) mass is 429 g/mol. The van der Waals surface area contributed by atoms with Crippen molar-refractivity contribution < 1.29 is 9.59 Å². The highest BCUT2D eigenvalue weighted by Crippen LogP contribution is 2.22. The van der Waals surface area contributed by atoms with E-state index in [-0.39, 0.29) is 29.5 Å². The first-order valence-electron chi connectivity index (χ1n) is 9.92. The molecule has 0 aliphatic carbocycles. The fourth-order valence-corrected chi connectivity index (χ4v) is 2.95. The molecule has 0 saturated carbocycles. The van der Waals surface area contributed by atoms with Gasteiger partial charge in [0.05, 0.1) is 11.4 Å². The Morgan fingerprint density at radius 2 is 1.47 bits per heavy atom. The minimum absolute atomic E-state index is 0.0889. The number of carbonyl (C=O) groups is 2. The number of rotatable bonds is 8. The number of Topliss-reactive ketones (excluding diaryl/α,β-unsaturated/α-hetero) is 1. The van der Waals surface area contributed by atoms with Crippen molar-refractivity contribution in [3.05, 3.63) is 88.3 Å². The number of amides is 1. The van der Waals surface area contributed by atoms with Crippen LogP contribution in [0.25, 0.3) is 0 Å². The summed E-state index contributed by atoms with van der Waals surface area (Å²) >= 11 is 0. The van der Waals surface area contributed by atoms with Gasteiger partial charge in [-0.1, -0.05) is 6.07 Å². The summed E-state index contributed by atoms with van der Waals surface area (Å²) in [4.78, 5) is 36.9. The van der Waals surface area contributed by atoms with E-state index in [9.17, 15) is 14.5 Å². The number of azo groups is 1. The maximum atomic E-state index is 12.4. The summed E-state index contributed by atoms with van der Waals surface area (Å²) in [6.45, 7) is 1.58. The van der Waals surface area contributed by atoms with Gasteiger partial charge in [-0.25, -0.2) is 0 Å². The molecule has 162 valence electrons. The number of carbonyl (C=O) groups excluding carboxylic acids is 2. The molecule has 0 bridgehead atoms. The van der Waals surface area contributed by atoms with E-state index < -0.39 is 0 Å². The fourth-order valence-electron chi connectivity index (χ4n) is 2.95. The summed E-state index contributed by atoms with van der Waals surface area (Å²) in [5.41, 5.74) is 3.93. The van der Waals surface area contributed by atoms with Gasteiger partial charge in [0, 0.05) is 37.5 Å². The SMILES string of the molecule is CC(=O)c1cc(CNC(=O)c2ccc(N=Nc3ccc(N(C)C)cc3)cc2)ccc1N=O. The van der Waals surface area contributed by atoms with E-state index in [0.717, 1.165) is 11.4 Å². The van der Waals surface area contributed by atoms with Crippen molar-refractivity contribution in [1.29, 1.82) is 0 Å². The lowest BCUT2D eigenvalue weighted by Crippen LogP contribution is -2.22. The average molecular weight is 429 g/mol. The van der Waals surface area contributed by atoms with Crippen molar-refractivity contribution in [2.75, 3.05) is 19.0 Å². The molecule has 0 atom stereocenters. The van der Waals surface area contributed by atoms with Crippen molar-refractivity contribution >= 4 is 34.4 Å². The van der Waals surface area contributed by atoms with E-state index in [1.165, 1.54) is 13.0 Å². The molecule has 3 aromatic rings. The molecule has 32 heavy (non-hydrogen) atoms. The third-order valence-corrected chi connectivity index (χ3v) is 4.77. The Morgan fingerprint density at radius 1 is 0.875 bits per heavy atom. The number of benzene rings is 3. The second-order valence-corrected chi connectivity index (χ2v) is 7.34. The summed E-state index contributed by atoms with van der Waals surface area (Å²) in [7, 11) is 3.94. The van der Waals surface area contributed by atoms with Gasteiger partial charge in [0.25, 0.3) is 5.91 Å². The summed E-state index contributed by atoms with van der Waals surface area (Å²) in [5.74, 6) is -0.527. The number of hydrogen-bond donors (Lipinski definition) is 1. The Kier molecular flexibility index (Phi) is 7.17. The predicted molar refractivity (Wildman–Crippen MR) is 124 cm³/mol. The molecule has 0 aliphatic heterocycles. The van der Waals surface area contributed by atoms with E-state index in [4.69, 9.17) is 0 Å². The van der Waals surface area contributed by atoms with Gasteiger partial charge < -0.3 is 10.2 Å². The number of nitrogens with one attached hydrogen (secondary N) is 1. The summed E-state index contributed by atoms with van der Waals surface area (Å²) < 4.78 is 0. The molecule has 0 heterocycles. The van der Waals surface area contributed by atoms with Crippen LogP contribution in [0.3, 0.4) is 0 Å². The molecular weight excluding hydrogens is 406 g/mol. The molecule has 3 rings (SSSR count). The molecule has 8 heteroatoms. The summed E-state index contributed by atoms with van der Waals surface area (Å²) in [5, 5.41) is 14.1. The van der Waals surface area contributed by atoms with Crippen LogP contribution >= 0.6 is 0 Å². The third kappa shape index (κ3) is 5.69. The van der Waals surface area contributed by atoms with Gasteiger partial charge in [-0.3, -0.25) is 9.59 Å². The van der Waals surface area contributed by atoms with Crippen molar-refractivity contribution in [1.82, 2.24) is 5.32 Å². The molecule has 0 radical (unpaired) electrons. The molecule has 0 saturated heterocycles. The van der Waals surface area contributed by atoms with Gasteiger partial charge >= 0.3 is 0 Å². The zero-order valence-corrected chi connectivity index (χ0v) is 18.1. The standard InChI is InChI=1S/C24H23N5O3/c1-16(30)22-14-17(4-13-23(22)28-32)15-25-24(31)18-5-7-19(8-6-18)26-27-20-9-11-21(12-10-20)29(2)3/h4-14H,15H2,1-3H3,(H,25,31). The lowest BCUT2D eigenvalue weighted by molar-refractivity contribution is 0.0950. The second kappa shape index (κ2) is 10.2. The number of hydrogen-bond acceptors (Lipinski definition) is 7. The number of anilines is 1. The Labute approximate surface area is 186 Å². The van der Waals surface area contributed by atoms with E-state index in [1.54, 1.807) is 36.4 Å². The smallest absolute Gasteiger partial charge is 0.251 e. The van der Waals surface area contributed by atoms with Crippen LogP contribution in [0.1, 0.15) is 33.2 Å². The van der Waals surface area contributed by atoms with Crippen LogP contribution in [-0.2, 0) is 6.54 Å². The lowest BCUT2D eigenvalue weighted by Gasteiger charge is -2.11. The van der Waals surface area contributed by atoms with Gasteiger partial charge in [-0.15, -0.1) is 4.91 Å². The van der Waals surface area contributed by atoms with Crippen molar-refractivity contribution in [2.45, 2.75) is 13.5 Å². The zero-order valence-electron chi connectivity index (χ0n) is 18.1. The van der Waals surface area contributed by atoms with Crippen molar-refractivity contribution in [2.24, 2.45) is 15.4 Å². The Bertz CT molecular complexity index is 1150. The molecule has 8 nitrogen and oxygen atoms in total. The minimum atomic E-state index is -0.269. The Balaban J connectivity index is 1.61. The van der Waals surface area contributed by atoms with Crippen LogP contribution in [0.4, 0.5) is 22.7 Å². The van der Waals surface area contributed by atoms with Crippen LogP contribution in [0, 0.1) is 4.91 Å². The van der Waals surface area contributed by atoms with Crippen LogP contribution in [0.15, 0.2) is 82.1 Å². The summed E-state index contributed by atoms with van der Waals surface area (Å²) in [6, 6.07) is 19.1. The Hall–Kier alpha value is -4.20. The maximum absolute atomic E-state index is 12.4. The molecule has 1 amide bonds. The zero-order chi connectivity index (χ0) is 23.1. The second-order valence-electron chi connectivity index (χ2n) is 7.34. The molecule has 0 spiro atoms. The highest BCUT2D eigenvalue weighted by atomic mass is 16.3. The van der Waals surface area contributed by atoms with E-state index in [0.29, 0.717) is 16.8 Å². The number of nitrogens with zero attached hydrogens (tertiary/aromatic N) is 4. The predicted octanol–water partition coefficient (Wildman–Crippen LogP) is 5.70. The van der Waals surface area contributed by atoms with Gasteiger partial charge in [0.15, 0.2) is 5.78 Å². The molecule has 0 fully saturated rings. The molecule has 0 aromatic heterocycles. The van der Waals surface area contributed by atoms with E-state index in [1.807, 2.05) is 43.3 Å². The minimum Gasteiger partial charge on any atom is -0.378 e.